The Morgan fingerprint density at radius 2 is 2.00 bits per heavy atom. The second kappa shape index (κ2) is 9.20. The van der Waals surface area contributed by atoms with E-state index >= 15 is 0 Å². The zero-order valence-electron chi connectivity index (χ0n) is 19.0. The first-order valence-corrected chi connectivity index (χ1v) is 11.3. The molecule has 1 fully saturated rings. The highest BCUT2D eigenvalue weighted by atomic mass is 79.9. The Labute approximate surface area is 201 Å². The average molecular weight is 526 g/mol. The van der Waals surface area contributed by atoms with Crippen LogP contribution in [0, 0.1) is 11.3 Å². The number of fused-ring (bicyclic) bond motifs is 1. The lowest BCUT2D eigenvalue weighted by atomic mass is 10.0. The molecule has 1 atom stereocenters. The highest BCUT2D eigenvalue weighted by Gasteiger charge is 2.33. The first-order valence-electron chi connectivity index (χ1n) is 10.1. The topological polar surface area (TPSA) is 87.9 Å². The maximum absolute atomic E-state index is 12.6. The van der Waals surface area contributed by atoms with Crippen LogP contribution in [-0.2, 0) is 4.74 Å². The van der Waals surface area contributed by atoms with E-state index in [2.05, 4.69) is 31.9 Å². The van der Waals surface area contributed by atoms with Crippen molar-refractivity contribution in [3.63, 3.8) is 0 Å². The summed E-state index contributed by atoms with van der Waals surface area (Å²) in [6, 6.07) is 3.89. The van der Waals surface area contributed by atoms with Gasteiger partial charge in [0.1, 0.15) is 22.8 Å². The molecule has 3 rings (SSSR count). The number of piperazine rings is 1. The van der Waals surface area contributed by atoms with Crippen molar-refractivity contribution in [3.8, 4) is 17.7 Å². The highest BCUT2D eigenvalue weighted by molar-refractivity contribution is 9.10. The molecule has 172 valence electrons. The van der Waals surface area contributed by atoms with Gasteiger partial charge >= 0.3 is 6.09 Å². The maximum atomic E-state index is 12.6. The quantitative estimate of drug-likeness (QED) is 0.558. The van der Waals surface area contributed by atoms with E-state index in [1.807, 2.05) is 27.7 Å². The van der Waals surface area contributed by atoms with Gasteiger partial charge in [0, 0.05) is 31.1 Å². The number of hydrogen-bond acceptors (Lipinski definition) is 7. The summed E-state index contributed by atoms with van der Waals surface area (Å²) in [7, 11) is 3.00. The van der Waals surface area contributed by atoms with Crippen LogP contribution in [0.25, 0.3) is 10.9 Å². The number of anilines is 1. The molecule has 0 saturated carbocycles. The van der Waals surface area contributed by atoms with Gasteiger partial charge in [-0.3, -0.25) is 0 Å². The van der Waals surface area contributed by atoms with Crippen molar-refractivity contribution < 1.29 is 19.0 Å². The van der Waals surface area contributed by atoms with E-state index < -0.39 is 5.60 Å². The van der Waals surface area contributed by atoms with E-state index in [-0.39, 0.29) is 18.0 Å². The molecule has 8 nitrogen and oxygen atoms in total. The Kier molecular flexibility index (Phi) is 6.96. The molecule has 1 amide bonds. The average Bonchev–Trinajstić information content (AvgIpc) is 2.72. The first-order chi connectivity index (χ1) is 15.0. The van der Waals surface area contributed by atoms with Crippen molar-refractivity contribution in [2.75, 3.05) is 38.8 Å². The predicted molar refractivity (Wildman–Crippen MR) is 127 cm³/mol. The fourth-order valence-electron chi connectivity index (χ4n) is 3.79. The Morgan fingerprint density at radius 3 is 2.53 bits per heavy atom. The van der Waals surface area contributed by atoms with Crippen molar-refractivity contribution >= 4 is 50.2 Å². The molecule has 0 bridgehead atoms. The first kappa shape index (κ1) is 24.2. The smallest absolute Gasteiger partial charge is 0.410 e. The number of carbonyl (C=O) groups is 1. The summed E-state index contributed by atoms with van der Waals surface area (Å²) in [6.07, 6.45) is -0.352. The molecular weight excluding hydrogens is 500 g/mol. The van der Waals surface area contributed by atoms with Gasteiger partial charge in [0.15, 0.2) is 5.75 Å². The second-order valence-corrected chi connectivity index (χ2v) is 9.73. The molecular formula is C22H26BrClN4O4. The Morgan fingerprint density at radius 1 is 1.31 bits per heavy atom. The van der Waals surface area contributed by atoms with Crippen LogP contribution >= 0.6 is 27.5 Å². The minimum Gasteiger partial charge on any atom is -0.493 e. The molecule has 2 aromatic rings. The van der Waals surface area contributed by atoms with Gasteiger partial charge in [0.05, 0.1) is 29.4 Å². The Balaban J connectivity index is 2.11. The van der Waals surface area contributed by atoms with Crippen LogP contribution in [0.15, 0.2) is 10.5 Å². The molecule has 1 aromatic carbocycles. The molecule has 10 heteroatoms. The van der Waals surface area contributed by atoms with Gasteiger partial charge in [0.25, 0.3) is 0 Å². The third kappa shape index (κ3) is 4.52. The maximum Gasteiger partial charge on any atom is 0.410 e. The van der Waals surface area contributed by atoms with Crippen LogP contribution in [0.1, 0.15) is 33.3 Å². The number of ether oxygens (including phenoxy) is 3. The molecule has 32 heavy (non-hydrogen) atoms. The van der Waals surface area contributed by atoms with E-state index in [0.717, 1.165) is 0 Å². The summed E-state index contributed by atoms with van der Waals surface area (Å²) in [5.74, 6) is 0.654. The van der Waals surface area contributed by atoms with Crippen molar-refractivity contribution in [3.05, 3.63) is 21.1 Å². The minimum atomic E-state index is -0.569. The van der Waals surface area contributed by atoms with E-state index in [0.29, 0.717) is 57.0 Å². The Hall–Kier alpha value is -2.44. The fraction of sp³-hybridized carbons (Fsp3) is 0.500. The van der Waals surface area contributed by atoms with Gasteiger partial charge in [-0.05, 0) is 49.7 Å². The SMILES string of the molecule is COc1nc2c(OC)c(Br)c(Cl)cc2c(N2CCN(C(=O)OC(C)(C)C)CC2C)c1C#N. The monoisotopic (exact) mass is 524 g/mol. The van der Waals surface area contributed by atoms with E-state index in [1.54, 1.807) is 11.0 Å². The molecule has 1 aromatic heterocycles. The van der Waals surface area contributed by atoms with Gasteiger partial charge < -0.3 is 24.0 Å². The number of rotatable bonds is 3. The van der Waals surface area contributed by atoms with Crippen LogP contribution in [0.4, 0.5) is 10.5 Å². The van der Waals surface area contributed by atoms with Crippen LogP contribution in [-0.4, -0.2) is 61.5 Å². The lowest BCUT2D eigenvalue weighted by molar-refractivity contribution is 0.0219. The largest absolute Gasteiger partial charge is 0.493 e. The summed E-state index contributed by atoms with van der Waals surface area (Å²) >= 11 is 9.91. The van der Waals surface area contributed by atoms with Crippen molar-refractivity contribution in [2.45, 2.75) is 39.3 Å². The molecule has 0 spiro atoms. The number of benzene rings is 1. The van der Waals surface area contributed by atoms with Gasteiger partial charge in [0.2, 0.25) is 5.88 Å². The van der Waals surface area contributed by atoms with Gasteiger partial charge in [-0.2, -0.15) is 5.26 Å². The summed E-state index contributed by atoms with van der Waals surface area (Å²) in [6.45, 7) is 8.89. The van der Waals surface area contributed by atoms with Crippen molar-refractivity contribution in [2.24, 2.45) is 0 Å². The molecule has 1 saturated heterocycles. The van der Waals surface area contributed by atoms with Gasteiger partial charge in [-0.1, -0.05) is 11.6 Å². The van der Waals surface area contributed by atoms with E-state index in [1.165, 1.54) is 14.2 Å². The lowest BCUT2D eigenvalue weighted by Crippen LogP contribution is -2.54. The molecule has 2 heterocycles. The summed E-state index contributed by atoms with van der Waals surface area (Å²) in [5, 5.41) is 11.1. The van der Waals surface area contributed by atoms with Crippen LogP contribution in [0.3, 0.4) is 0 Å². The van der Waals surface area contributed by atoms with Crippen LogP contribution < -0.4 is 14.4 Å². The third-order valence-corrected chi connectivity index (χ3v) is 6.46. The van der Waals surface area contributed by atoms with Gasteiger partial charge in [-0.25, -0.2) is 9.78 Å². The normalized spacial score (nSPS) is 16.7. The minimum absolute atomic E-state index is 0.105. The van der Waals surface area contributed by atoms with Crippen molar-refractivity contribution in [1.29, 1.82) is 5.26 Å². The Bertz CT molecular complexity index is 1100. The predicted octanol–water partition coefficient (Wildman–Crippen LogP) is 4.99. The molecule has 0 N–H and O–H groups in total. The summed E-state index contributed by atoms with van der Waals surface area (Å²) < 4.78 is 17.1. The number of halogens is 2. The molecule has 1 unspecified atom stereocenters. The lowest BCUT2D eigenvalue weighted by Gasteiger charge is -2.42. The zero-order chi connectivity index (χ0) is 23.8. The van der Waals surface area contributed by atoms with E-state index in [4.69, 9.17) is 25.8 Å². The number of aromatic nitrogens is 1. The summed E-state index contributed by atoms with van der Waals surface area (Å²) in [5.41, 5.74) is 0.911. The number of amides is 1. The standard InChI is InChI=1S/C22H26BrClN4O4/c1-12-11-27(21(29)32-22(2,3)4)7-8-28(12)18-13-9-15(24)16(23)19(30-5)17(13)26-20(31-6)14(18)10-25/h9,12H,7-8,11H2,1-6H3. The highest BCUT2D eigenvalue weighted by Crippen LogP contribution is 2.45. The molecule has 0 aliphatic carbocycles. The van der Waals surface area contributed by atoms with Gasteiger partial charge in [-0.15, -0.1) is 0 Å². The fourth-order valence-corrected chi connectivity index (χ4v) is 4.45. The van der Waals surface area contributed by atoms with Crippen LogP contribution in [0.2, 0.25) is 5.02 Å². The number of hydrogen-bond donors (Lipinski definition) is 0. The summed E-state index contributed by atoms with van der Waals surface area (Å²) in [4.78, 5) is 20.9. The number of nitrogens with zero attached hydrogens (tertiary/aromatic N) is 4. The number of nitriles is 1. The van der Waals surface area contributed by atoms with Crippen molar-refractivity contribution in [1.82, 2.24) is 9.88 Å². The number of methoxy groups -OCH3 is 2. The molecule has 1 aliphatic rings. The van der Waals surface area contributed by atoms with E-state index in [9.17, 15) is 10.1 Å². The second-order valence-electron chi connectivity index (χ2n) is 8.53. The number of pyridine rings is 1. The molecule has 1 aliphatic heterocycles. The molecule has 0 radical (unpaired) electrons. The number of carbonyl (C=O) groups excluding carboxylic acids is 1. The third-order valence-electron chi connectivity index (χ3n) is 5.15. The van der Waals surface area contributed by atoms with Crippen LogP contribution in [0.5, 0.6) is 11.6 Å². The zero-order valence-corrected chi connectivity index (χ0v) is 21.3.